The van der Waals surface area contributed by atoms with Gasteiger partial charge in [-0.25, -0.2) is 0 Å². The summed E-state index contributed by atoms with van der Waals surface area (Å²) in [5.74, 6) is 0.876. The first-order chi connectivity index (χ1) is 9.11. The molecule has 0 amide bonds. The summed E-state index contributed by atoms with van der Waals surface area (Å²) >= 11 is 3.57. The number of hydrogen-bond donors (Lipinski definition) is 1. The Labute approximate surface area is 122 Å². The molecule has 0 heterocycles. The highest BCUT2D eigenvalue weighted by atomic mass is 79.9. The van der Waals surface area contributed by atoms with Crippen molar-refractivity contribution in [1.82, 2.24) is 0 Å². The number of anilines is 1. The second kappa shape index (κ2) is 6.11. The first kappa shape index (κ1) is 13.9. The van der Waals surface area contributed by atoms with E-state index in [1.165, 1.54) is 22.4 Å². The summed E-state index contributed by atoms with van der Waals surface area (Å²) in [6.07, 6.45) is 0. The summed E-state index contributed by atoms with van der Waals surface area (Å²) in [7, 11) is 1.69. The molecule has 0 aromatic heterocycles. The van der Waals surface area contributed by atoms with Crippen LogP contribution in [0, 0.1) is 13.8 Å². The second-order valence-corrected chi connectivity index (χ2v) is 5.41. The zero-order chi connectivity index (χ0) is 13.8. The molecule has 19 heavy (non-hydrogen) atoms. The maximum absolute atomic E-state index is 5.26. The molecular formula is C16H18BrNO. The number of aryl methyl sites for hydroxylation is 1. The molecule has 0 aliphatic heterocycles. The molecule has 0 aliphatic rings. The lowest BCUT2D eigenvalue weighted by atomic mass is 10.1. The summed E-state index contributed by atoms with van der Waals surface area (Å²) in [5.41, 5.74) is 4.95. The molecule has 0 saturated heterocycles. The van der Waals surface area contributed by atoms with Crippen molar-refractivity contribution in [1.29, 1.82) is 0 Å². The Hall–Kier alpha value is -1.48. The number of rotatable bonds is 4. The molecule has 1 N–H and O–H groups in total. The molecule has 3 heteroatoms. The van der Waals surface area contributed by atoms with Crippen LogP contribution in [0.4, 0.5) is 5.69 Å². The zero-order valence-corrected chi connectivity index (χ0v) is 13.0. The molecule has 2 nitrogen and oxygen atoms in total. The van der Waals surface area contributed by atoms with E-state index in [4.69, 9.17) is 4.74 Å². The Morgan fingerprint density at radius 3 is 2.68 bits per heavy atom. The van der Waals surface area contributed by atoms with Crippen LogP contribution in [-0.4, -0.2) is 7.11 Å². The fraction of sp³-hybridized carbons (Fsp3) is 0.250. The average Bonchev–Trinajstić information content (AvgIpc) is 2.42. The summed E-state index contributed by atoms with van der Waals surface area (Å²) in [6.45, 7) is 5.03. The lowest BCUT2D eigenvalue weighted by Gasteiger charge is -2.13. The highest BCUT2D eigenvalue weighted by Crippen LogP contribution is 2.24. The molecule has 0 atom stereocenters. The minimum atomic E-state index is 0.766. The number of nitrogens with one attached hydrogen (secondary N) is 1. The lowest BCUT2D eigenvalue weighted by molar-refractivity contribution is 0.414. The number of methoxy groups -OCH3 is 1. The largest absolute Gasteiger partial charge is 0.497 e. The van der Waals surface area contributed by atoms with E-state index in [-0.39, 0.29) is 0 Å². The Morgan fingerprint density at radius 1 is 1.16 bits per heavy atom. The summed E-state index contributed by atoms with van der Waals surface area (Å²) in [4.78, 5) is 0. The second-order valence-electron chi connectivity index (χ2n) is 4.56. The van der Waals surface area contributed by atoms with Crippen LogP contribution in [0.25, 0.3) is 0 Å². The van der Waals surface area contributed by atoms with Crippen molar-refractivity contribution in [2.75, 3.05) is 12.4 Å². The van der Waals surface area contributed by atoms with Crippen LogP contribution in [0.2, 0.25) is 0 Å². The third-order valence-corrected chi connectivity index (χ3v) is 4.10. The predicted octanol–water partition coefficient (Wildman–Crippen LogP) is 4.69. The van der Waals surface area contributed by atoms with Crippen molar-refractivity contribution in [3.05, 3.63) is 57.6 Å². The molecule has 0 bridgehead atoms. The van der Waals surface area contributed by atoms with E-state index in [9.17, 15) is 0 Å². The quantitative estimate of drug-likeness (QED) is 0.883. The first-order valence-corrected chi connectivity index (χ1v) is 7.03. The standard InChI is InChI=1S/C16H18BrNO/c1-11-5-4-6-16(12(11)2)18-10-13-9-14(19-3)7-8-15(13)17/h4-9,18H,10H2,1-3H3. The number of benzene rings is 2. The first-order valence-electron chi connectivity index (χ1n) is 6.24. The van der Waals surface area contributed by atoms with Gasteiger partial charge in [0.05, 0.1) is 7.11 Å². The summed E-state index contributed by atoms with van der Waals surface area (Å²) in [6, 6.07) is 12.3. The monoisotopic (exact) mass is 319 g/mol. The Balaban J connectivity index is 2.16. The van der Waals surface area contributed by atoms with Gasteiger partial charge in [-0.2, -0.15) is 0 Å². The highest BCUT2D eigenvalue weighted by Gasteiger charge is 2.04. The summed E-state index contributed by atoms with van der Waals surface area (Å²) < 4.78 is 6.35. The van der Waals surface area contributed by atoms with Crippen LogP contribution in [-0.2, 0) is 6.54 Å². The molecule has 0 unspecified atom stereocenters. The van der Waals surface area contributed by atoms with Gasteiger partial charge in [-0.05, 0) is 54.8 Å². The fourth-order valence-electron chi connectivity index (χ4n) is 1.95. The van der Waals surface area contributed by atoms with Crippen molar-refractivity contribution in [2.24, 2.45) is 0 Å². The van der Waals surface area contributed by atoms with Crippen molar-refractivity contribution in [3.63, 3.8) is 0 Å². The van der Waals surface area contributed by atoms with Gasteiger partial charge in [-0.15, -0.1) is 0 Å². The maximum Gasteiger partial charge on any atom is 0.119 e. The van der Waals surface area contributed by atoms with Crippen molar-refractivity contribution >= 4 is 21.6 Å². The molecular weight excluding hydrogens is 302 g/mol. The van der Waals surface area contributed by atoms with E-state index in [1.807, 2.05) is 18.2 Å². The van der Waals surface area contributed by atoms with E-state index in [0.717, 1.165) is 16.8 Å². The molecule has 2 rings (SSSR count). The van der Waals surface area contributed by atoms with Crippen LogP contribution in [0.15, 0.2) is 40.9 Å². The number of hydrogen-bond acceptors (Lipinski definition) is 2. The molecule has 0 spiro atoms. The number of ether oxygens (including phenoxy) is 1. The third-order valence-electron chi connectivity index (χ3n) is 3.33. The topological polar surface area (TPSA) is 21.3 Å². The van der Waals surface area contributed by atoms with Crippen molar-refractivity contribution in [3.8, 4) is 5.75 Å². The van der Waals surface area contributed by atoms with Crippen LogP contribution in [0.3, 0.4) is 0 Å². The molecule has 0 radical (unpaired) electrons. The SMILES string of the molecule is COc1ccc(Br)c(CNc2cccc(C)c2C)c1. The minimum absolute atomic E-state index is 0.766. The predicted molar refractivity (Wildman–Crippen MR) is 83.9 cm³/mol. The van der Waals surface area contributed by atoms with E-state index in [1.54, 1.807) is 7.11 Å². The van der Waals surface area contributed by atoms with Crippen molar-refractivity contribution in [2.45, 2.75) is 20.4 Å². The van der Waals surface area contributed by atoms with Gasteiger partial charge >= 0.3 is 0 Å². The van der Waals surface area contributed by atoms with Gasteiger partial charge in [0, 0.05) is 16.7 Å². The third kappa shape index (κ3) is 3.29. The van der Waals surface area contributed by atoms with Gasteiger partial charge in [0.2, 0.25) is 0 Å². The minimum Gasteiger partial charge on any atom is -0.497 e. The van der Waals surface area contributed by atoms with Gasteiger partial charge in [0.25, 0.3) is 0 Å². The Kier molecular flexibility index (Phi) is 4.48. The maximum atomic E-state index is 5.26. The van der Waals surface area contributed by atoms with Gasteiger partial charge in [0.1, 0.15) is 5.75 Å². The van der Waals surface area contributed by atoms with E-state index in [2.05, 4.69) is 53.3 Å². The molecule has 0 fully saturated rings. The van der Waals surface area contributed by atoms with Gasteiger partial charge in [-0.3, -0.25) is 0 Å². The van der Waals surface area contributed by atoms with Crippen LogP contribution < -0.4 is 10.1 Å². The van der Waals surface area contributed by atoms with Crippen molar-refractivity contribution < 1.29 is 4.74 Å². The van der Waals surface area contributed by atoms with Crippen LogP contribution >= 0.6 is 15.9 Å². The smallest absolute Gasteiger partial charge is 0.119 e. The van der Waals surface area contributed by atoms with Gasteiger partial charge in [0.15, 0.2) is 0 Å². The molecule has 2 aromatic rings. The molecule has 2 aromatic carbocycles. The van der Waals surface area contributed by atoms with E-state index < -0.39 is 0 Å². The van der Waals surface area contributed by atoms with Gasteiger partial charge < -0.3 is 10.1 Å². The Bertz CT molecular complexity index is 581. The number of halogens is 1. The zero-order valence-electron chi connectivity index (χ0n) is 11.5. The Morgan fingerprint density at radius 2 is 1.95 bits per heavy atom. The van der Waals surface area contributed by atoms with E-state index >= 15 is 0 Å². The molecule has 100 valence electrons. The fourth-order valence-corrected chi connectivity index (χ4v) is 2.33. The average molecular weight is 320 g/mol. The highest BCUT2D eigenvalue weighted by molar-refractivity contribution is 9.10. The van der Waals surface area contributed by atoms with E-state index in [0.29, 0.717) is 0 Å². The van der Waals surface area contributed by atoms with Gasteiger partial charge in [-0.1, -0.05) is 28.1 Å². The van der Waals surface area contributed by atoms with Crippen LogP contribution in [0.1, 0.15) is 16.7 Å². The molecule has 0 saturated carbocycles. The lowest BCUT2D eigenvalue weighted by Crippen LogP contribution is -2.02. The molecule has 0 aliphatic carbocycles. The van der Waals surface area contributed by atoms with Crippen LogP contribution in [0.5, 0.6) is 5.75 Å². The normalized spacial score (nSPS) is 10.3. The summed E-state index contributed by atoms with van der Waals surface area (Å²) in [5, 5.41) is 3.48.